The first-order valence-electron chi connectivity index (χ1n) is 5.38. The minimum atomic E-state index is -0.382. The Labute approximate surface area is 98.8 Å². The highest BCUT2D eigenvalue weighted by atomic mass is 16.5. The predicted octanol–water partition coefficient (Wildman–Crippen LogP) is 1.14. The first-order chi connectivity index (χ1) is 8.15. The molecule has 1 unspecified atom stereocenters. The number of aromatic nitrogens is 2. The summed E-state index contributed by atoms with van der Waals surface area (Å²) in [6.07, 6.45) is 1.18. The van der Waals surface area contributed by atoms with Gasteiger partial charge in [0.1, 0.15) is 0 Å². The molecule has 0 bridgehead atoms. The van der Waals surface area contributed by atoms with E-state index >= 15 is 0 Å². The molecule has 0 aliphatic rings. The van der Waals surface area contributed by atoms with E-state index in [1.807, 2.05) is 11.9 Å². The van der Waals surface area contributed by atoms with E-state index in [1.54, 1.807) is 25.3 Å². The topological polar surface area (TPSA) is 75.5 Å². The van der Waals surface area contributed by atoms with Gasteiger partial charge in [-0.15, -0.1) is 0 Å². The maximum atomic E-state index is 9.23. The van der Waals surface area contributed by atoms with E-state index in [9.17, 15) is 5.11 Å². The Bertz CT molecular complexity index is 450. The van der Waals surface area contributed by atoms with Gasteiger partial charge in [0, 0.05) is 6.54 Å². The van der Waals surface area contributed by atoms with Crippen LogP contribution in [-0.2, 0) is 6.54 Å². The third-order valence-corrected chi connectivity index (χ3v) is 2.19. The zero-order chi connectivity index (χ0) is 12.3. The molecule has 17 heavy (non-hydrogen) atoms. The molecular weight excluding hydrogens is 222 g/mol. The van der Waals surface area contributed by atoms with Gasteiger partial charge in [-0.2, -0.15) is 4.98 Å². The molecule has 0 aliphatic heterocycles. The van der Waals surface area contributed by atoms with Crippen LogP contribution >= 0.6 is 0 Å². The van der Waals surface area contributed by atoms with Crippen molar-refractivity contribution in [1.29, 1.82) is 0 Å². The summed E-state index contributed by atoms with van der Waals surface area (Å²) in [6.45, 7) is 2.79. The number of hydrogen-bond acceptors (Lipinski definition) is 6. The lowest BCUT2D eigenvalue weighted by Gasteiger charge is -2.15. The number of aliphatic hydroxyl groups excluding tert-OH is 1. The molecule has 0 amide bonds. The highest BCUT2D eigenvalue weighted by Crippen LogP contribution is 2.16. The highest BCUT2D eigenvalue weighted by molar-refractivity contribution is 5.44. The van der Waals surface area contributed by atoms with Crippen molar-refractivity contribution in [2.45, 2.75) is 19.6 Å². The summed E-state index contributed by atoms with van der Waals surface area (Å²) in [4.78, 5) is 6.11. The lowest BCUT2D eigenvalue weighted by atomic mass is 10.4. The van der Waals surface area contributed by atoms with E-state index in [1.165, 1.54) is 0 Å². The van der Waals surface area contributed by atoms with Crippen LogP contribution in [-0.4, -0.2) is 39.8 Å². The number of aliphatic hydroxyl groups is 1. The van der Waals surface area contributed by atoms with Gasteiger partial charge < -0.3 is 14.0 Å². The minimum Gasteiger partial charge on any atom is -0.461 e. The summed E-state index contributed by atoms with van der Waals surface area (Å²) in [5.41, 5.74) is 0. The standard InChI is InChI=1S/C11H15N3O3/c1-8(15)6-14(2)7-10-12-11(13-17-10)9-4-3-5-16-9/h3-5,8,15H,6-7H2,1-2H3. The Hall–Kier alpha value is -1.66. The molecule has 1 atom stereocenters. The van der Waals surface area contributed by atoms with Crippen LogP contribution in [0.5, 0.6) is 0 Å². The molecule has 2 rings (SSSR count). The largest absolute Gasteiger partial charge is 0.461 e. The van der Waals surface area contributed by atoms with E-state index in [2.05, 4.69) is 10.1 Å². The van der Waals surface area contributed by atoms with Crippen LogP contribution in [0.15, 0.2) is 27.3 Å². The van der Waals surface area contributed by atoms with Crippen LogP contribution in [0, 0.1) is 0 Å². The second-order valence-corrected chi connectivity index (χ2v) is 4.03. The van der Waals surface area contributed by atoms with Crippen molar-refractivity contribution in [1.82, 2.24) is 15.0 Å². The maximum absolute atomic E-state index is 9.23. The van der Waals surface area contributed by atoms with Crippen LogP contribution in [0.3, 0.4) is 0 Å². The van der Waals surface area contributed by atoms with Crippen molar-refractivity contribution >= 4 is 0 Å². The maximum Gasteiger partial charge on any atom is 0.241 e. The lowest BCUT2D eigenvalue weighted by molar-refractivity contribution is 0.131. The van der Waals surface area contributed by atoms with Crippen molar-refractivity contribution in [3.8, 4) is 11.6 Å². The Kier molecular flexibility index (Phi) is 3.55. The van der Waals surface area contributed by atoms with Crippen molar-refractivity contribution < 1.29 is 14.0 Å². The summed E-state index contributed by atoms with van der Waals surface area (Å²) >= 11 is 0. The van der Waals surface area contributed by atoms with E-state index in [-0.39, 0.29) is 6.10 Å². The molecular formula is C11H15N3O3. The zero-order valence-electron chi connectivity index (χ0n) is 9.83. The number of furan rings is 1. The van der Waals surface area contributed by atoms with Crippen molar-refractivity contribution in [3.05, 3.63) is 24.3 Å². The molecule has 0 radical (unpaired) electrons. The van der Waals surface area contributed by atoms with Gasteiger partial charge in [-0.1, -0.05) is 5.16 Å². The molecule has 0 aromatic carbocycles. The van der Waals surface area contributed by atoms with Crippen LogP contribution in [0.25, 0.3) is 11.6 Å². The summed E-state index contributed by atoms with van der Waals surface area (Å²) in [5.74, 6) is 1.52. The first-order valence-corrected chi connectivity index (χ1v) is 5.38. The summed E-state index contributed by atoms with van der Waals surface area (Å²) in [5, 5.41) is 13.1. The minimum absolute atomic E-state index is 0.382. The molecule has 0 fully saturated rings. The average molecular weight is 237 g/mol. The van der Waals surface area contributed by atoms with Crippen molar-refractivity contribution in [3.63, 3.8) is 0 Å². The first kappa shape index (κ1) is 11.8. The average Bonchev–Trinajstić information content (AvgIpc) is 2.84. The van der Waals surface area contributed by atoms with E-state index in [0.29, 0.717) is 30.6 Å². The monoisotopic (exact) mass is 237 g/mol. The molecule has 6 nitrogen and oxygen atoms in total. The number of nitrogens with zero attached hydrogens (tertiary/aromatic N) is 3. The fourth-order valence-electron chi connectivity index (χ4n) is 1.57. The van der Waals surface area contributed by atoms with Gasteiger partial charge in [-0.05, 0) is 26.1 Å². The number of likely N-dealkylation sites (N-methyl/N-ethyl adjacent to an activating group) is 1. The molecule has 0 aliphatic carbocycles. The van der Waals surface area contributed by atoms with Gasteiger partial charge in [0.2, 0.25) is 11.7 Å². The Morgan fingerprint density at radius 3 is 3.00 bits per heavy atom. The highest BCUT2D eigenvalue weighted by Gasteiger charge is 2.13. The predicted molar refractivity (Wildman–Crippen MR) is 60.0 cm³/mol. The second kappa shape index (κ2) is 5.11. The third kappa shape index (κ3) is 3.15. The van der Waals surface area contributed by atoms with Gasteiger partial charge in [-0.25, -0.2) is 0 Å². The molecule has 0 spiro atoms. The van der Waals surface area contributed by atoms with Crippen LogP contribution in [0.1, 0.15) is 12.8 Å². The Balaban J connectivity index is 1.99. The van der Waals surface area contributed by atoms with Crippen molar-refractivity contribution in [2.75, 3.05) is 13.6 Å². The lowest BCUT2D eigenvalue weighted by Crippen LogP contribution is -2.26. The zero-order valence-corrected chi connectivity index (χ0v) is 9.83. The normalized spacial score (nSPS) is 13.2. The molecule has 1 N–H and O–H groups in total. The fraction of sp³-hybridized carbons (Fsp3) is 0.455. The fourth-order valence-corrected chi connectivity index (χ4v) is 1.57. The quantitative estimate of drug-likeness (QED) is 0.840. The molecule has 2 heterocycles. The molecule has 0 saturated carbocycles. The summed E-state index contributed by atoms with van der Waals surface area (Å²) < 4.78 is 10.3. The van der Waals surface area contributed by atoms with E-state index < -0.39 is 0 Å². The molecule has 2 aromatic heterocycles. The number of rotatable bonds is 5. The van der Waals surface area contributed by atoms with Crippen LogP contribution in [0.4, 0.5) is 0 Å². The van der Waals surface area contributed by atoms with Gasteiger partial charge in [0.15, 0.2) is 5.76 Å². The van der Waals surface area contributed by atoms with Crippen LogP contribution in [0.2, 0.25) is 0 Å². The summed E-state index contributed by atoms with van der Waals surface area (Å²) in [7, 11) is 1.88. The van der Waals surface area contributed by atoms with Crippen molar-refractivity contribution in [2.24, 2.45) is 0 Å². The second-order valence-electron chi connectivity index (χ2n) is 4.03. The summed E-state index contributed by atoms with van der Waals surface area (Å²) in [6, 6.07) is 3.54. The molecule has 2 aromatic rings. The molecule has 6 heteroatoms. The third-order valence-electron chi connectivity index (χ3n) is 2.19. The Morgan fingerprint density at radius 2 is 2.35 bits per heavy atom. The molecule has 92 valence electrons. The van der Waals surface area contributed by atoms with Gasteiger partial charge in [0.25, 0.3) is 0 Å². The Morgan fingerprint density at radius 1 is 1.53 bits per heavy atom. The van der Waals surface area contributed by atoms with Gasteiger partial charge in [-0.3, -0.25) is 4.90 Å². The number of hydrogen-bond donors (Lipinski definition) is 1. The SMILES string of the molecule is CC(O)CN(C)Cc1nc(-c2ccco2)no1. The van der Waals surface area contributed by atoms with Gasteiger partial charge >= 0.3 is 0 Å². The smallest absolute Gasteiger partial charge is 0.241 e. The van der Waals surface area contributed by atoms with E-state index in [4.69, 9.17) is 8.94 Å². The van der Waals surface area contributed by atoms with Crippen LogP contribution < -0.4 is 0 Å². The van der Waals surface area contributed by atoms with E-state index in [0.717, 1.165) is 0 Å². The molecule has 0 saturated heterocycles. The van der Waals surface area contributed by atoms with Gasteiger partial charge in [0.05, 0.1) is 18.9 Å².